The van der Waals surface area contributed by atoms with Crippen LogP contribution < -0.4 is 4.74 Å². The Balaban J connectivity index is 2.41. The summed E-state index contributed by atoms with van der Waals surface area (Å²) in [5.41, 5.74) is 0. The van der Waals surface area contributed by atoms with Crippen molar-refractivity contribution in [3.05, 3.63) is 46.4 Å². The van der Waals surface area contributed by atoms with E-state index in [1.165, 1.54) is 6.07 Å². The second-order valence-electron chi connectivity index (χ2n) is 3.29. The molecule has 0 spiro atoms. The Hall–Kier alpha value is -1.58. The van der Waals surface area contributed by atoms with Crippen LogP contribution in [0.25, 0.3) is 0 Å². The zero-order chi connectivity index (χ0) is 12.4. The lowest BCUT2D eigenvalue weighted by Gasteiger charge is -2.10. The number of rotatable bonds is 2. The van der Waals surface area contributed by atoms with Gasteiger partial charge in [0.05, 0.1) is 0 Å². The molecule has 2 rings (SSSR count). The molecule has 0 amide bonds. The second kappa shape index (κ2) is 4.73. The van der Waals surface area contributed by atoms with Crippen molar-refractivity contribution in [3.8, 4) is 23.0 Å². The highest BCUT2D eigenvalue weighted by Crippen LogP contribution is 2.45. The molecule has 0 aromatic heterocycles. The minimum absolute atomic E-state index is 0.0471. The minimum Gasteiger partial charge on any atom is -0.504 e. The molecule has 0 heterocycles. The topological polar surface area (TPSA) is 49.7 Å². The average molecular weight is 271 g/mol. The Morgan fingerprint density at radius 2 is 1.59 bits per heavy atom. The van der Waals surface area contributed by atoms with E-state index in [4.69, 9.17) is 27.9 Å². The first-order valence-corrected chi connectivity index (χ1v) is 5.48. The minimum atomic E-state index is -0.461. The summed E-state index contributed by atoms with van der Waals surface area (Å²) in [6.07, 6.45) is 0. The maximum atomic E-state index is 9.41. The quantitative estimate of drug-likeness (QED) is 0.805. The van der Waals surface area contributed by atoms with Crippen LogP contribution >= 0.6 is 23.2 Å². The fraction of sp³-hybridized carbons (Fsp3) is 0. The van der Waals surface area contributed by atoms with E-state index in [1.807, 2.05) is 6.07 Å². The molecule has 5 heteroatoms. The van der Waals surface area contributed by atoms with E-state index in [0.29, 0.717) is 5.75 Å². The molecule has 0 saturated heterocycles. The normalized spacial score (nSPS) is 10.2. The number of phenols is 2. The number of hydrogen-bond donors (Lipinski definition) is 2. The Kier molecular flexibility index (Phi) is 3.31. The third-order valence-corrected chi connectivity index (χ3v) is 2.94. The van der Waals surface area contributed by atoms with E-state index < -0.39 is 5.75 Å². The van der Waals surface area contributed by atoms with Crippen molar-refractivity contribution < 1.29 is 14.9 Å². The molecular weight excluding hydrogens is 263 g/mol. The molecule has 88 valence electrons. The van der Waals surface area contributed by atoms with Gasteiger partial charge in [-0.3, -0.25) is 0 Å². The van der Waals surface area contributed by atoms with Gasteiger partial charge in [0.15, 0.2) is 17.2 Å². The molecule has 0 aliphatic rings. The molecule has 2 aromatic carbocycles. The summed E-state index contributed by atoms with van der Waals surface area (Å²) in [5, 5.41) is 18.7. The number of aromatic hydroxyl groups is 2. The molecular formula is C12H8Cl2O3. The molecule has 0 unspecified atom stereocenters. The van der Waals surface area contributed by atoms with Crippen LogP contribution in [0.2, 0.25) is 10.0 Å². The third kappa shape index (κ3) is 2.40. The lowest BCUT2D eigenvalue weighted by atomic mass is 10.3. The van der Waals surface area contributed by atoms with E-state index in [9.17, 15) is 10.2 Å². The Morgan fingerprint density at radius 1 is 0.941 bits per heavy atom. The average Bonchev–Trinajstić information content (AvgIpc) is 2.35. The van der Waals surface area contributed by atoms with Crippen LogP contribution in [-0.4, -0.2) is 10.2 Å². The molecule has 0 aliphatic carbocycles. The number of para-hydroxylation sites is 1. The summed E-state index contributed by atoms with van der Waals surface area (Å²) in [7, 11) is 0. The van der Waals surface area contributed by atoms with Crippen LogP contribution in [0.3, 0.4) is 0 Å². The number of halogens is 2. The first-order valence-electron chi connectivity index (χ1n) is 4.72. The van der Waals surface area contributed by atoms with E-state index in [0.717, 1.165) is 0 Å². The van der Waals surface area contributed by atoms with Crippen LogP contribution in [0.1, 0.15) is 0 Å². The van der Waals surface area contributed by atoms with Gasteiger partial charge in [-0.25, -0.2) is 0 Å². The van der Waals surface area contributed by atoms with Gasteiger partial charge in [-0.05, 0) is 12.1 Å². The summed E-state index contributed by atoms with van der Waals surface area (Å²) >= 11 is 11.6. The molecule has 0 radical (unpaired) electrons. The molecule has 3 nitrogen and oxygen atoms in total. The first kappa shape index (κ1) is 11.9. The highest BCUT2D eigenvalue weighted by molar-refractivity contribution is 6.44. The Labute approximate surface area is 108 Å². The summed E-state index contributed by atoms with van der Waals surface area (Å²) in [6, 6.07) is 10.1. The smallest absolute Gasteiger partial charge is 0.178 e. The predicted octanol–water partition coefficient (Wildman–Crippen LogP) is 4.20. The van der Waals surface area contributed by atoms with Gasteiger partial charge in [0.1, 0.15) is 15.8 Å². The maximum Gasteiger partial charge on any atom is 0.178 e. The molecule has 2 N–H and O–H groups in total. The lowest BCUT2D eigenvalue weighted by Crippen LogP contribution is -1.86. The fourth-order valence-corrected chi connectivity index (χ4v) is 1.64. The number of phenolic OH excluding ortho intramolecular Hbond substituents is 2. The van der Waals surface area contributed by atoms with Crippen molar-refractivity contribution in [2.24, 2.45) is 0 Å². The summed E-state index contributed by atoms with van der Waals surface area (Å²) in [5.74, 6) is -0.115. The van der Waals surface area contributed by atoms with Crippen LogP contribution in [0.15, 0.2) is 36.4 Å². The summed E-state index contributed by atoms with van der Waals surface area (Å²) in [6.45, 7) is 0. The number of ether oxygens (including phenoxy) is 1. The van der Waals surface area contributed by atoms with Crippen molar-refractivity contribution in [3.63, 3.8) is 0 Å². The summed E-state index contributed by atoms with van der Waals surface area (Å²) in [4.78, 5) is 0. The van der Waals surface area contributed by atoms with Gasteiger partial charge >= 0.3 is 0 Å². The highest BCUT2D eigenvalue weighted by Gasteiger charge is 2.15. The summed E-state index contributed by atoms with van der Waals surface area (Å²) < 4.78 is 5.44. The van der Waals surface area contributed by atoms with Crippen molar-refractivity contribution in [2.75, 3.05) is 0 Å². The Bertz CT molecular complexity index is 541. The zero-order valence-electron chi connectivity index (χ0n) is 8.52. The van der Waals surface area contributed by atoms with Gasteiger partial charge in [0, 0.05) is 6.07 Å². The van der Waals surface area contributed by atoms with E-state index in [2.05, 4.69) is 0 Å². The van der Waals surface area contributed by atoms with E-state index in [1.54, 1.807) is 24.3 Å². The molecule has 0 atom stereocenters. The van der Waals surface area contributed by atoms with Gasteiger partial charge in [-0.1, -0.05) is 41.4 Å². The predicted molar refractivity (Wildman–Crippen MR) is 66.3 cm³/mol. The molecule has 0 aliphatic heterocycles. The second-order valence-corrected chi connectivity index (χ2v) is 4.04. The van der Waals surface area contributed by atoms with E-state index >= 15 is 0 Å². The monoisotopic (exact) mass is 270 g/mol. The van der Waals surface area contributed by atoms with Crippen LogP contribution in [0.5, 0.6) is 23.0 Å². The van der Waals surface area contributed by atoms with Gasteiger partial charge in [-0.15, -0.1) is 0 Å². The molecule has 17 heavy (non-hydrogen) atoms. The van der Waals surface area contributed by atoms with Gasteiger partial charge < -0.3 is 14.9 Å². The molecule has 0 bridgehead atoms. The standard InChI is InChI=1S/C12H8Cl2O3/c13-10-9(6-8(15)12(16)11(10)14)17-7-4-2-1-3-5-7/h1-6,15-16H. The first-order chi connectivity index (χ1) is 8.09. The molecule has 2 aromatic rings. The lowest BCUT2D eigenvalue weighted by molar-refractivity contribution is 0.398. The number of benzene rings is 2. The molecule has 0 saturated carbocycles. The Morgan fingerprint density at radius 3 is 2.24 bits per heavy atom. The van der Waals surface area contributed by atoms with E-state index in [-0.39, 0.29) is 21.5 Å². The van der Waals surface area contributed by atoms with Crippen molar-refractivity contribution in [2.45, 2.75) is 0 Å². The fourth-order valence-electron chi connectivity index (χ4n) is 1.27. The van der Waals surface area contributed by atoms with Crippen molar-refractivity contribution in [1.29, 1.82) is 0 Å². The van der Waals surface area contributed by atoms with Crippen LogP contribution in [-0.2, 0) is 0 Å². The van der Waals surface area contributed by atoms with Gasteiger partial charge in [-0.2, -0.15) is 0 Å². The highest BCUT2D eigenvalue weighted by atomic mass is 35.5. The number of hydrogen-bond acceptors (Lipinski definition) is 3. The van der Waals surface area contributed by atoms with Gasteiger partial charge in [0.2, 0.25) is 0 Å². The molecule has 0 fully saturated rings. The van der Waals surface area contributed by atoms with Crippen molar-refractivity contribution in [1.82, 2.24) is 0 Å². The van der Waals surface area contributed by atoms with Gasteiger partial charge in [0.25, 0.3) is 0 Å². The maximum absolute atomic E-state index is 9.41. The zero-order valence-corrected chi connectivity index (χ0v) is 10.0. The third-order valence-electron chi connectivity index (χ3n) is 2.10. The van der Waals surface area contributed by atoms with Crippen molar-refractivity contribution >= 4 is 23.2 Å². The van der Waals surface area contributed by atoms with Crippen LogP contribution in [0.4, 0.5) is 0 Å². The largest absolute Gasteiger partial charge is 0.504 e. The SMILES string of the molecule is Oc1cc(Oc2ccccc2)c(Cl)c(Cl)c1O. The van der Waals surface area contributed by atoms with Crippen LogP contribution in [0, 0.1) is 0 Å².